The third kappa shape index (κ3) is 3.63. The largest absolute Gasteiger partial charge is 0.370 e. The number of hydrogen-bond acceptors (Lipinski definition) is 3. The van der Waals surface area contributed by atoms with E-state index in [0.717, 1.165) is 10.7 Å². The average Bonchev–Trinajstić information content (AvgIpc) is 2.75. The van der Waals surface area contributed by atoms with Crippen molar-refractivity contribution in [2.45, 2.75) is 0 Å². The van der Waals surface area contributed by atoms with Crippen molar-refractivity contribution < 1.29 is 10.0 Å². The number of benzene rings is 3. The van der Waals surface area contributed by atoms with Crippen LogP contribution < -0.4 is 14.5 Å². The van der Waals surface area contributed by atoms with Gasteiger partial charge in [0.05, 0.1) is 32.5 Å². The second-order valence-corrected chi connectivity index (χ2v) is 7.83. The Balaban J connectivity index is 1.82. The molecule has 4 rings (SSSR count). The van der Waals surface area contributed by atoms with Crippen molar-refractivity contribution in [1.82, 2.24) is 9.66 Å². The van der Waals surface area contributed by atoms with Crippen LogP contribution in [0.2, 0.25) is 0 Å². The van der Waals surface area contributed by atoms with Crippen LogP contribution in [-0.2, 0) is 5.21 Å². The second-order valence-electron chi connectivity index (χ2n) is 7.83. The number of amides is 2. The Labute approximate surface area is 175 Å². The van der Waals surface area contributed by atoms with Crippen LogP contribution in [0.25, 0.3) is 0 Å². The summed E-state index contributed by atoms with van der Waals surface area (Å²) in [5.41, 5.74) is 2.76. The summed E-state index contributed by atoms with van der Waals surface area (Å²) >= 11 is 0. The summed E-state index contributed by atoms with van der Waals surface area (Å²) in [4.78, 5) is 13.2. The molecule has 0 saturated carbocycles. The van der Waals surface area contributed by atoms with E-state index in [0.29, 0.717) is 26.6 Å². The van der Waals surface area contributed by atoms with E-state index in [-0.39, 0.29) is 5.84 Å². The summed E-state index contributed by atoms with van der Waals surface area (Å²) < 4.78 is 0.651. The third-order valence-electron chi connectivity index (χ3n) is 4.82. The maximum Gasteiger partial charge on any atom is 0.370 e. The van der Waals surface area contributed by atoms with Crippen molar-refractivity contribution in [2.75, 3.05) is 31.2 Å². The standard InChI is InChI=1S/C23H23N5O2/c1-28(2,3)21-16-14-18(15-17-21)22-24-25(19-10-6-4-7-11-19)23(29)26(27(22)30)20-12-8-5-9-13-20/h4-17H,1-3H3/q+1. The molecule has 1 aliphatic heterocycles. The molecule has 0 bridgehead atoms. The van der Waals surface area contributed by atoms with Crippen molar-refractivity contribution in [3.05, 3.63) is 90.5 Å². The van der Waals surface area contributed by atoms with Gasteiger partial charge in [-0.25, -0.2) is 4.79 Å². The molecule has 0 saturated heterocycles. The van der Waals surface area contributed by atoms with Gasteiger partial charge in [0.1, 0.15) is 5.69 Å². The van der Waals surface area contributed by atoms with E-state index in [4.69, 9.17) is 0 Å². The number of rotatable bonds is 4. The molecule has 151 valence electrons. The molecular formula is C23H23N5O2+. The number of carbonyl (C=O) groups is 1. The van der Waals surface area contributed by atoms with Gasteiger partial charge in [-0.1, -0.05) is 46.8 Å². The van der Waals surface area contributed by atoms with E-state index in [9.17, 15) is 10.0 Å². The maximum atomic E-state index is 13.3. The second kappa shape index (κ2) is 7.62. The van der Waals surface area contributed by atoms with Gasteiger partial charge in [0.15, 0.2) is 0 Å². The number of hydrazone groups is 1. The van der Waals surface area contributed by atoms with Crippen LogP contribution in [0.5, 0.6) is 0 Å². The lowest BCUT2D eigenvalue weighted by Gasteiger charge is -2.36. The number of carbonyl (C=O) groups excluding carboxylic acids is 1. The number of quaternary nitrogens is 1. The molecule has 3 aromatic carbocycles. The minimum Gasteiger partial charge on any atom is -0.298 e. The molecule has 1 radical (unpaired) electrons. The van der Waals surface area contributed by atoms with Crippen LogP contribution in [0, 0.1) is 0 Å². The van der Waals surface area contributed by atoms with E-state index in [1.807, 2.05) is 48.5 Å². The van der Waals surface area contributed by atoms with Crippen molar-refractivity contribution in [1.29, 1.82) is 0 Å². The first-order valence-electron chi connectivity index (χ1n) is 9.59. The molecular weight excluding hydrogens is 378 g/mol. The quantitative estimate of drug-likeness (QED) is 0.614. The molecule has 1 aliphatic rings. The van der Waals surface area contributed by atoms with Gasteiger partial charge < -0.3 is 0 Å². The van der Waals surface area contributed by atoms with Crippen LogP contribution in [0.15, 0.2) is 90.0 Å². The molecule has 7 heteroatoms. The highest BCUT2D eigenvalue weighted by Gasteiger charge is 2.37. The zero-order valence-electron chi connectivity index (χ0n) is 17.1. The fourth-order valence-corrected chi connectivity index (χ4v) is 3.19. The van der Waals surface area contributed by atoms with Crippen molar-refractivity contribution in [3.63, 3.8) is 0 Å². The van der Waals surface area contributed by atoms with Gasteiger partial charge in [-0.05, 0) is 48.5 Å². The zero-order valence-corrected chi connectivity index (χ0v) is 17.1. The van der Waals surface area contributed by atoms with Crippen LogP contribution in [0.1, 0.15) is 5.56 Å². The Morgan fingerprint density at radius 3 is 1.80 bits per heavy atom. The molecule has 0 aliphatic carbocycles. The van der Waals surface area contributed by atoms with E-state index in [1.165, 1.54) is 5.01 Å². The molecule has 30 heavy (non-hydrogen) atoms. The predicted octanol–water partition coefficient (Wildman–Crippen LogP) is 4.25. The summed E-state index contributed by atoms with van der Waals surface area (Å²) in [6.45, 7) is 0. The maximum absolute atomic E-state index is 13.3. The highest BCUT2D eigenvalue weighted by Crippen LogP contribution is 2.28. The van der Waals surface area contributed by atoms with Gasteiger partial charge in [0, 0.05) is 5.56 Å². The summed E-state index contributed by atoms with van der Waals surface area (Å²) in [5.74, 6) is 0.135. The van der Waals surface area contributed by atoms with Crippen LogP contribution in [0.4, 0.5) is 21.9 Å². The van der Waals surface area contributed by atoms with Gasteiger partial charge in [0.2, 0.25) is 5.84 Å². The summed E-state index contributed by atoms with van der Waals surface area (Å²) in [5, 5.41) is 20.6. The van der Waals surface area contributed by atoms with Gasteiger partial charge in [-0.15, -0.1) is 5.10 Å². The molecule has 0 aromatic heterocycles. The minimum absolute atomic E-state index is 0.135. The van der Waals surface area contributed by atoms with E-state index < -0.39 is 6.03 Å². The van der Waals surface area contributed by atoms with E-state index in [1.54, 1.807) is 36.4 Å². The lowest BCUT2D eigenvalue weighted by molar-refractivity contribution is -0.0921. The predicted molar refractivity (Wildman–Crippen MR) is 118 cm³/mol. The molecule has 1 heterocycles. The Bertz CT molecular complexity index is 1060. The Morgan fingerprint density at radius 1 is 0.733 bits per heavy atom. The number of hydrazine groups is 1. The fraction of sp³-hybridized carbons (Fsp3) is 0.130. The fourth-order valence-electron chi connectivity index (χ4n) is 3.19. The first-order chi connectivity index (χ1) is 14.4. The number of para-hydroxylation sites is 2. The van der Waals surface area contributed by atoms with Gasteiger partial charge in [-0.2, -0.15) is 10.0 Å². The summed E-state index contributed by atoms with van der Waals surface area (Å²) in [6.07, 6.45) is 0. The van der Waals surface area contributed by atoms with Crippen molar-refractivity contribution >= 4 is 28.9 Å². The van der Waals surface area contributed by atoms with Crippen LogP contribution in [0.3, 0.4) is 0 Å². The molecule has 0 unspecified atom stereocenters. The highest BCUT2D eigenvalue weighted by atomic mass is 16.6. The van der Waals surface area contributed by atoms with E-state index in [2.05, 4.69) is 26.2 Å². The first kappa shape index (κ1) is 19.6. The Kier molecular flexibility index (Phi) is 4.99. The van der Waals surface area contributed by atoms with Gasteiger partial charge in [0.25, 0.3) is 0 Å². The number of urea groups is 1. The minimum atomic E-state index is -0.547. The Hall–Kier alpha value is -3.68. The highest BCUT2D eigenvalue weighted by molar-refractivity contribution is 6.12. The first-order valence-corrected chi connectivity index (χ1v) is 9.59. The smallest absolute Gasteiger partial charge is 0.298 e. The molecule has 0 atom stereocenters. The number of anilines is 2. The molecule has 2 amide bonds. The molecule has 0 spiro atoms. The number of hydroxylamine groups is 1. The van der Waals surface area contributed by atoms with Gasteiger partial charge in [-0.3, -0.25) is 4.48 Å². The summed E-state index contributed by atoms with van der Waals surface area (Å²) in [6, 6.07) is 25.0. The average molecular weight is 401 g/mol. The topological polar surface area (TPSA) is 59.1 Å². The normalized spacial score (nSPS) is 14.7. The molecule has 0 N–H and O–H groups in total. The summed E-state index contributed by atoms with van der Waals surface area (Å²) in [7, 11) is 6.21. The SMILES string of the molecule is C[N+](C)(C)c1ccc(C2=NN(c3ccccc3)C(=O)N(c3ccccc3)N2[O])cc1. The van der Waals surface area contributed by atoms with Crippen molar-refractivity contribution in [2.24, 2.45) is 5.10 Å². The van der Waals surface area contributed by atoms with E-state index >= 15 is 0 Å². The lowest BCUT2D eigenvalue weighted by atomic mass is 10.1. The molecule has 7 nitrogen and oxygen atoms in total. The monoisotopic (exact) mass is 401 g/mol. The molecule has 3 aromatic rings. The third-order valence-corrected chi connectivity index (χ3v) is 4.82. The number of hydrogen-bond donors (Lipinski definition) is 0. The van der Waals surface area contributed by atoms with Crippen molar-refractivity contribution in [3.8, 4) is 0 Å². The van der Waals surface area contributed by atoms with Crippen LogP contribution in [-0.4, -0.2) is 38.2 Å². The van der Waals surface area contributed by atoms with Crippen LogP contribution >= 0.6 is 0 Å². The Morgan fingerprint density at radius 2 is 1.27 bits per heavy atom. The zero-order chi connectivity index (χ0) is 21.3. The lowest BCUT2D eigenvalue weighted by Crippen LogP contribution is -2.57. The molecule has 0 fully saturated rings. The number of amidine groups is 1. The number of nitrogens with zero attached hydrogens (tertiary/aromatic N) is 5. The van der Waals surface area contributed by atoms with Gasteiger partial charge >= 0.3 is 6.03 Å².